The SMILES string of the molecule is c1cocn1.c1cocn1.c1cscn1. The second-order valence-corrected chi connectivity index (χ2v) is 2.78. The molecule has 0 aromatic carbocycles. The Morgan fingerprint density at radius 2 is 1.47 bits per heavy atom. The van der Waals surface area contributed by atoms with Crippen LogP contribution in [0.15, 0.2) is 63.6 Å². The highest BCUT2D eigenvalue weighted by atomic mass is 32.1. The number of nitrogens with zero attached hydrogens (tertiary/aromatic N) is 3. The van der Waals surface area contributed by atoms with Gasteiger partial charge >= 0.3 is 0 Å². The van der Waals surface area contributed by atoms with E-state index in [1.807, 2.05) is 5.38 Å². The van der Waals surface area contributed by atoms with Gasteiger partial charge in [-0.25, -0.2) is 9.97 Å². The predicted octanol–water partition coefficient (Wildman–Crippen LogP) is 2.49. The third-order valence-corrected chi connectivity index (χ3v) is 1.56. The molecule has 0 atom stereocenters. The summed E-state index contributed by atoms with van der Waals surface area (Å²) in [6, 6.07) is 0. The highest BCUT2D eigenvalue weighted by molar-refractivity contribution is 7.07. The van der Waals surface area contributed by atoms with Crippen LogP contribution in [0.1, 0.15) is 0 Å². The van der Waals surface area contributed by atoms with Crippen LogP contribution < -0.4 is 0 Å². The fourth-order valence-electron chi connectivity index (χ4n) is 0.527. The van der Waals surface area contributed by atoms with Gasteiger partial charge in [-0.05, 0) is 0 Å². The first-order chi connectivity index (χ1) is 7.50. The van der Waals surface area contributed by atoms with Crippen molar-refractivity contribution in [3.63, 3.8) is 0 Å². The summed E-state index contributed by atoms with van der Waals surface area (Å²) in [5.41, 5.74) is 1.79. The van der Waals surface area contributed by atoms with Crippen molar-refractivity contribution < 1.29 is 8.83 Å². The Balaban J connectivity index is 0.000000112. The van der Waals surface area contributed by atoms with E-state index in [0.717, 1.165) is 0 Å². The van der Waals surface area contributed by atoms with E-state index in [9.17, 15) is 0 Å². The third-order valence-electron chi connectivity index (χ3n) is 1.04. The van der Waals surface area contributed by atoms with Crippen molar-refractivity contribution in [3.05, 3.63) is 54.8 Å². The fraction of sp³-hybridized carbons (Fsp3) is 0. The van der Waals surface area contributed by atoms with Crippen molar-refractivity contribution in [2.75, 3.05) is 0 Å². The summed E-state index contributed by atoms with van der Waals surface area (Å²) in [5.74, 6) is 0. The maximum absolute atomic E-state index is 4.47. The third kappa shape index (κ3) is 7.15. The molecule has 6 heteroatoms. The summed E-state index contributed by atoms with van der Waals surface area (Å²) in [4.78, 5) is 10.9. The normalized spacial score (nSPS) is 8.00. The Bertz CT molecular complexity index is 255. The van der Waals surface area contributed by atoms with E-state index < -0.39 is 0 Å². The van der Waals surface area contributed by atoms with Crippen LogP contribution >= 0.6 is 11.3 Å². The molecule has 0 bridgehead atoms. The smallest absolute Gasteiger partial charge is 0.180 e. The van der Waals surface area contributed by atoms with Gasteiger partial charge in [0, 0.05) is 11.6 Å². The van der Waals surface area contributed by atoms with Crippen LogP contribution in [0.4, 0.5) is 0 Å². The molecule has 0 radical (unpaired) electrons. The molecular formula is C9H9N3O2S. The van der Waals surface area contributed by atoms with Crippen LogP contribution in [0.3, 0.4) is 0 Å². The van der Waals surface area contributed by atoms with Gasteiger partial charge in [0.25, 0.3) is 0 Å². The summed E-state index contributed by atoms with van der Waals surface area (Å²) in [7, 11) is 0. The molecule has 0 amide bonds. The first kappa shape index (κ1) is 11.1. The molecule has 0 aliphatic carbocycles. The van der Waals surface area contributed by atoms with Crippen molar-refractivity contribution in [1.29, 1.82) is 0 Å². The molecule has 0 saturated heterocycles. The lowest BCUT2D eigenvalue weighted by atomic mass is 11.0. The predicted molar refractivity (Wildman–Crippen MR) is 55.1 cm³/mol. The van der Waals surface area contributed by atoms with Gasteiger partial charge < -0.3 is 8.83 Å². The molecule has 78 valence electrons. The van der Waals surface area contributed by atoms with Crippen molar-refractivity contribution in [3.8, 4) is 0 Å². The molecule has 0 N–H and O–H groups in total. The van der Waals surface area contributed by atoms with Gasteiger partial charge in [0.2, 0.25) is 0 Å². The molecule has 0 spiro atoms. The Morgan fingerprint density at radius 1 is 0.800 bits per heavy atom. The maximum atomic E-state index is 4.47. The van der Waals surface area contributed by atoms with Crippen LogP contribution in [0, 0.1) is 0 Å². The lowest BCUT2D eigenvalue weighted by molar-refractivity contribution is 0.557. The maximum Gasteiger partial charge on any atom is 0.180 e. The van der Waals surface area contributed by atoms with E-state index in [1.54, 1.807) is 35.4 Å². The molecular weight excluding hydrogens is 214 g/mol. The molecule has 15 heavy (non-hydrogen) atoms. The van der Waals surface area contributed by atoms with Crippen molar-refractivity contribution in [1.82, 2.24) is 15.0 Å². The van der Waals surface area contributed by atoms with Crippen molar-refractivity contribution >= 4 is 11.3 Å². The highest BCUT2D eigenvalue weighted by Gasteiger charge is 1.60. The molecule has 0 aliphatic rings. The number of thiazole rings is 1. The molecule has 0 fully saturated rings. The summed E-state index contributed by atoms with van der Waals surface area (Å²) in [6.45, 7) is 0. The lowest BCUT2D eigenvalue weighted by Crippen LogP contribution is -1.38. The van der Waals surface area contributed by atoms with Crippen LogP contribution in [-0.2, 0) is 0 Å². The zero-order valence-electron chi connectivity index (χ0n) is 7.76. The molecule has 3 rings (SSSR count). The van der Waals surface area contributed by atoms with Crippen molar-refractivity contribution in [2.45, 2.75) is 0 Å². The summed E-state index contributed by atoms with van der Waals surface area (Å²) in [6.07, 6.45) is 10.7. The van der Waals surface area contributed by atoms with E-state index in [0.29, 0.717) is 0 Å². The first-order valence-corrected chi connectivity index (χ1v) is 4.91. The van der Waals surface area contributed by atoms with E-state index in [2.05, 4.69) is 23.8 Å². The van der Waals surface area contributed by atoms with Crippen LogP contribution in [0.2, 0.25) is 0 Å². The topological polar surface area (TPSA) is 65.0 Å². The number of aromatic nitrogens is 3. The molecule has 3 aromatic rings. The molecule has 0 unspecified atom stereocenters. The molecule has 0 saturated carbocycles. The van der Waals surface area contributed by atoms with Gasteiger partial charge in [-0.15, -0.1) is 11.3 Å². The number of rotatable bonds is 0. The minimum absolute atomic E-state index is 1.38. The van der Waals surface area contributed by atoms with E-state index in [1.165, 1.54) is 25.3 Å². The molecule has 3 heterocycles. The second-order valence-electron chi connectivity index (χ2n) is 2.03. The highest BCUT2D eigenvalue weighted by Crippen LogP contribution is 1.85. The van der Waals surface area contributed by atoms with Crippen LogP contribution in [0.25, 0.3) is 0 Å². The Morgan fingerprint density at radius 3 is 1.60 bits per heavy atom. The second kappa shape index (κ2) is 8.64. The largest absolute Gasteiger partial charge is 0.452 e. The summed E-state index contributed by atoms with van der Waals surface area (Å²) < 4.78 is 8.94. The van der Waals surface area contributed by atoms with Gasteiger partial charge in [-0.3, -0.25) is 4.98 Å². The number of hydrogen-bond donors (Lipinski definition) is 0. The molecule has 3 aromatic heterocycles. The molecule has 0 aliphatic heterocycles. The summed E-state index contributed by atoms with van der Waals surface area (Å²) >= 11 is 1.60. The fourth-order valence-corrected chi connectivity index (χ4v) is 0.878. The quantitative estimate of drug-likeness (QED) is 0.585. The van der Waals surface area contributed by atoms with E-state index in [-0.39, 0.29) is 0 Å². The first-order valence-electron chi connectivity index (χ1n) is 3.96. The average molecular weight is 223 g/mol. The van der Waals surface area contributed by atoms with Gasteiger partial charge in [0.1, 0.15) is 12.5 Å². The van der Waals surface area contributed by atoms with Crippen LogP contribution in [0.5, 0.6) is 0 Å². The van der Waals surface area contributed by atoms with E-state index in [4.69, 9.17) is 0 Å². The van der Waals surface area contributed by atoms with Crippen LogP contribution in [-0.4, -0.2) is 15.0 Å². The zero-order valence-corrected chi connectivity index (χ0v) is 8.58. The Labute approximate surface area is 90.4 Å². The summed E-state index contributed by atoms with van der Waals surface area (Å²) in [5, 5.41) is 1.93. The Hall–Kier alpha value is -1.95. The number of oxazole rings is 2. The minimum Gasteiger partial charge on any atom is -0.452 e. The lowest BCUT2D eigenvalue weighted by Gasteiger charge is -1.47. The Kier molecular flexibility index (Phi) is 6.41. The van der Waals surface area contributed by atoms with E-state index >= 15 is 0 Å². The molecule has 5 nitrogen and oxygen atoms in total. The zero-order chi connectivity index (χ0) is 10.6. The number of hydrogen-bond acceptors (Lipinski definition) is 6. The minimum atomic E-state index is 1.38. The van der Waals surface area contributed by atoms with Gasteiger partial charge in [0.05, 0.1) is 17.9 Å². The van der Waals surface area contributed by atoms with Gasteiger partial charge in [-0.2, -0.15) is 0 Å². The van der Waals surface area contributed by atoms with Gasteiger partial charge in [-0.1, -0.05) is 0 Å². The van der Waals surface area contributed by atoms with Crippen molar-refractivity contribution in [2.24, 2.45) is 0 Å². The van der Waals surface area contributed by atoms with Gasteiger partial charge in [0.15, 0.2) is 12.8 Å². The standard InChI is InChI=1S/2C3H3NO.C3H3NS/c3*1-2-5-3-4-1/h3*1-3H. The monoisotopic (exact) mass is 223 g/mol. The average Bonchev–Trinajstić information content (AvgIpc) is 3.09.